The van der Waals surface area contributed by atoms with Crippen molar-refractivity contribution >= 4 is 5.78 Å². The Kier molecular flexibility index (Phi) is 5.55. The molecule has 0 fully saturated rings. The minimum atomic E-state index is -0.166. The van der Waals surface area contributed by atoms with Gasteiger partial charge in [0, 0.05) is 0 Å². The molecule has 0 bridgehead atoms. The third-order valence-electron chi connectivity index (χ3n) is 3.45. The summed E-state index contributed by atoms with van der Waals surface area (Å²) in [6.45, 7) is 10.9. The van der Waals surface area contributed by atoms with Crippen molar-refractivity contribution in [3.8, 4) is 5.75 Å². The number of benzene rings is 1. The summed E-state index contributed by atoms with van der Waals surface area (Å²) >= 11 is 0. The first-order valence-electron chi connectivity index (χ1n) is 6.85. The van der Waals surface area contributed by atoms with Crippen molar-refractivity contribution in [2.75, 3.05) is 13.7 Å². The van der Waals surface area contributed by atoms with Gasteiger partial charge < -0.3 is 10.1 Å². The topological polar surface area (TPSA) is 38.3 Å². The van der Waals surface area contributed by atoms with Crippen molar-refractivity contribution in [3.05, 3.63) is 28.8 Å². The molecule has 3 nitrogen and oxygen atoms in total. The molecule has 1 N–H and O–H groups in total. The van der Waals surface area contributed by atoms with E-state index in [4.69, 9.17) is 4.74 Å². The summed E-state index contributed by atoms with van der Waals surface area (Å²) in [6.07, 6.45) is 0. The Morgan fingerprint density at radius 2 is 1.84 bits per heavy atom. The molecule has 1 rings (SSSR count). The van der Waals surface area contributed by atoms with Crippen LogP contribution in [0.15, 0.2) is 12.1 Å². The van der Waals surface area contributed by atoms with Crippen LogP contribution in [0, 0.1) is 19.8 Å². The van der Waals surface area contributed by atoms with Crippen molar-refractivity contribution in [3.63, 3.8) is 0 Å². The second-order valence-electron chi connectivity index (χ2n) is 5.28. The van der Waals surface area contributed by atoms with Crippen LogP contribution in [0.25, 0.3) is 0 Å². The molecule has 0 aliphatic carbocycles. The van der Waals surface area contributed by atoms with Crippen LogP contribution in [-0.2, 0) is 0 Å². The Hall–Kier alpha value is -1.35. The number of aryl methyl sites for hydroxylation is 2. The SMILES string of the molecule is CCNC(C(=O)c1cc(C)c(C)cc1OC)C(C)C. The highest BCUT2D eigenvalue weighted by Crippen LogP contribution is 2.25. The van der Waals surface area contributed by atoms with Gasteiger partial charge in [-0.05, 0) is 49.6 Å². The van der Waals surface area contributed by atoms with Crippen LogP contribution in [0.1, 0.15) is 42.3 Å². The standard InChI is InChI=1S/C16H25NO2/c1-7-17-15(10(2)3)16(18)13-8-11(4)12(5)9-14(13)19-6/h8-10,15,17H,7H2,1-6H3. The van der Waals surface area contributed by atoms with Crippen LogP contribution >= 0.6 is 0 Å². The van der Waals surface area contributed by atoms with Gasteiger partial charge in [-0.25, -0.2) is 0 Å². The molecule has 1 aromatic rings. The molecule has 0 saturated heterocycles. The van der Waals surface area contributed by atoms with E-state index in [0.717, 1.165) is 17.7 Å². The molecule has 1 atom stereocenters. The van der Waals surface area contributed by atoms with Gasteiger partial charge in [0.05, 0.1) is 18.7 Å². The first kappa shape index (κ1) is 15.7. The van der Waals surface area contributed by atoms with Crippen molar-refractivity contribution in [1.82, 2.24) is 5.32 Å². The molecule has 0 amide bonds. The molecular formula is C16H25NO2. The van der Waals surface area contributed by atoms with Gasteiger partial charge in [-0.3, -0.25) is 4.79 Å². The molecule has 0 spiro atoms. The van der Waals surface area contributed by atoms with Crippen molar-refractivity contribution < 1.29 is 9.53 Å². The molecule has 0 aliphatic heterocycles. The zero-order chi connectivity index (χ0) is 14.6. The summed E-state index contributed by atoms with van der Waals surface area (Å²) in [5.41, 5.74) is 2.92. The molecule has 0 heterocycles. The van der Waals surface area contributed by atoms with E-state index >= 15 is 0 Å². The highest BCUT2D eigenvalue weighted by Gasteiger charge is 2.25. The third kappa shape index (κ3) is 3.57. The first-order valence-corrected chi connectivity index (χ1v) is 6.85. The Labute approximate surface area is 116 Å². The summed E-state index contributed by atoms with van der Waals surface area (Å²) in [5, 5.41) is 3.26. The van der Waals surface area contributed by atoms with Crippen LogP contribution in [0.2, 0.25) is 0 Å². The number of hydrogen-bond acceptors (Lipinski definition) is 3. The lowest BCUT2D eigenvalue weighted by Gasteiger charge is -2.22. The first-order chi connectivity index (χ1) is 8.92. The van der Waals surface area contributed by atoms with E-state index in [9.17, 15) is 4.79 Å². The molecule has 0 aromatic heterocycles. The second kappa shape index (κ2) is 6.71. The summed E-state index contributed by atoms with van der Waals surface area (Å²) in [5.74, 6) is 1.02. The predicted octanol–water partition coefficient (Wildman–Crippen LogP) is 3.13. The molecule has 106 valence electrons. The van der Waals surface area contributed by atoms with Crippen LogP contribution in [0.4, 0.5) is 0 Å². The average molecular weight is 263 g/mol. The number of methoxy groups -OCH3 is 1. The Bertz CT molecular complexity index is 452. The number of carbonyl (C=O) groups excluding carboxylic acids is 1. The van der Waals surface area contributed by atoms with E-state index < -0.39 is 0 Å². The number of likely N-dealkylation sites (N-methyl/N-ethyl adjacent to an activating group) is 1. The highest BCUT2D eigenvalue weighted by molar-refractivity contribution is 6.02. The molecule has 1 unspecified atom stereocenters. The maximum atomic E-state index is 12.7. The van der Waals surface area contributed by atoms with Gasteiger partial charge in [-0.15, -0.1) is 0 Å². The van der Waals surface area contributed by atoms with Gasteiger partial charge in [0.2, 0.25) is 0 Å². The number of nitrogens with one attached hydrogen (secondary N) is 1. The number of carbonyl (C=O) groups is 1. The number of hydrogen-bond donors (Lipinski definition) is 1. The smallest absolute Gasteiger partial charge is 0.183 e. The van der Waals surface area contributed by atoms with E-state index in [1.807, 2.05) is 32.9 Å². The number of Topliss-reactive ketones (excluding diaryl/α,β-unsaturated/α-hetero) is 1. The second-order valence-corrected chi connectivity index (χ2v) is 5.28. The Morgan fingerprint density at radius 1 is 1.26 bits per heavy atom. The molecular weight excluding hydrogens is 238 g/mol. The quantitative estimate of drug-likeness (QED) is 0.801. The lowest BCUT2D eigenvalue weighted by molar-refractivity contribution is 0.0915. The minimum Gasteiger partial charge on any atom is -0.496 e. The van der Waals surface area contributed by atoms with Crippen molar-refractivity contribution in [2.45, 2.75) is 40.7 Å². The van der Waals surface area contributed by atoms with E-state index in [-0.39, 0.29) is 17.7 Å². The van der Waals surface area contributed by atoms with Gasteiger partial charge in [0.1, 0.15) is 5.75 Å². The molecule has 0 aliphatic rings. The predicted molar refractivity (Wildman–Crippen MR) is 79.1 cm³/mol. The zero-order valence-corrected chi connectivity index (χ0v) is 12.8. The van der Waals surface area contributed by atoms with Crippen molar-refractivity contribution in [1.29, 1.82) is 0 Å². The van der Waals surface area contributed by atoms with E-state index in [1.54, 1.807) is 7.11 Å². The largest absolute Gasteiger partial charge is 0.496 e. The zero-order valence-electron chi connectivity index (χ0n) is 12.8. The molecule has 0 radical (unpaired) electrons. The van der Waals surface area contributed by atoms with Crippen molar-refractivity contribution in [2.24, 2.45) is 5.92 Å². The maximum Gasteiger partial charge on any atom is 0.183 e. The lowest BCUT2D eigenvalue weighted by Crippen LogP contribution is -2.41. The van der Waals surface area contributed by atoms with E-state index in [1.165, 1.54) is 0 Å². The van der Waals surface area contributed by atoms with Gasteiger partial charge >= 0.3 is 0 Å². The van der Waals surface area contributed by atoms with Crippen LogP contribution in [0.3, 0.4) is 0 Å². The van der Waals surface area contributed by atoms with Gasteiger partial charge in [-0.2, -0.15) is 0 Å². The fraction of sp³-hybridized carbons (Fsp3) is 0.562. The van der Waals surface area contributed by atoms with E-state index in [0.29, 0.717) is 11.3 Å². The normalized spacial score (nSPS) is 12.6. The monoisotopic (exact) mass is 263 g/mol. The van der Waals surface area contributed by atoms with Gasteiger partial charge in [-0.1, -0.05) is 20.8 Å². The summed E-state index contributed by atoms with van der Waals surface area (Å²) in [6, 6.07) is 3.70. The summed E-state index contributed by atoms with van der Waals surface area (Å²) < 4.78 is 5.36. The fourth-order valence-electron chi connectivity index (χ4n) is 2.17. The molecule has 19 heavy (non-hydrogen) atoms. The van der Waals surface area contributed by atoms with E-state index in [2.05, 4.69) is 19.2 Å². The maximum absolute atomic E-state index is 12.7. The Balaban J connectivity index is 3.20. The lowest BCUT2D eigenvalue weighted by atomic mass is 9.92. The number of ether oxygens (including phenoxy) is 1. The highest BCUT2D eigenvalue weighted by atomic mass is 16.5. The third-order valence-corrected chi connectivity index (χ3v) is 3.45. The average Bonchev–Trinajstić information content (AvgIpc) is 2.37. The van der Waals surface area contributed by atoms with Gasteiger partial charge in [0.25, 0.3) is 0 Å². The molecule has 3 heteroatoms. The minimum absolute atomic E-state index is 0.108. The summed E-state index contributed by atoms with van der Waals surface area (Å²) in [4.78, 5) is 12.7. The summed E-state index contributed by atoms with van der Waals surface area (Å²) in [7, 11) is 1.61. The fourth-order valence-corrected chi connectivity index (χ4v) is 2.17. The number of ketones is 1. The van der Waals surface area contributed by atoms with Crippen LogP contribution in [-0.4, -0.2) is 25.5 Å². The molecule has 1 aromatic carbocycles. The van der Waals surface area contributed by atoms with Gasteiger partial charge in [0.15, 0.2) is 5.78 Å². The Morgan fingerprint density at radius 3 is 2.32 bits per heavy atom. The van der Waals surface area contributed by atoms with Crippen LogP contribution in [0.5, 0.6) is 5.75 Å². The van der Waals surface area contributed by atoms with Crippen LogP contribution < -0.4 is 10.1 Å². The number of rotatable bonds is 6. The molecule has 0 saturated carbocycles.